The second kappa shape index (κ2) is 7.89. The highest BCUT2D eigenvalue weighted by Crippen LogP contribution is 2.40. The molecule has 162 valence electrons. The van der Waals surface area contributed by atoms with Gasteiger partial charge < -0.3 is 24.7 Å². The summed E-state index contributed by atoms with van der Waals surface area (Å²) in [5.74, 6) is 0.991. The topological polar surface area (TPSA) is 66.6 Å². The highest BCUT2D eigenvalue weighted by molar-refractivity contribution is 5.87. The number of aromatic nitrogens is 1. The lowest BCUT2D eigenvalue weighted by atomic mass is 9.79. The van der Waals surface area contributed by atoms with E-state index in [9.17, 15) is 9.18 Å². The van der Waals surface area contributed by atoms with Crippen LogP contribution in [0.2, 0.25) is 0 Å². The molecular formula is C24H26FN3O3. The normalized spacial score (nSPS) is 17.5. The summed E-state index contributed by atoms with van der Waals surface area (Å²) in [5.41, 5.74) is 3.58. The van der Waals surface area contributed by atoms with Gasteiger partial charge in [-0.25, -0.2) is 4.39 Å². The molecule has 31 heavy (non-hydrogen) atoms. The van der Waals surface area contributed by atoms with Gasteiger partial charge in [-0.1, -0.05) is 0 Å². The van der Waals surface area contributed by atoms with E-state index in [1.165, 1.54) is 40.9 Å². The third-order valence-electron chi connectivity index (χ3n) is 6.58. The summed E-state index contributed by atoms with van der Waals surface area (Å²) >= 11 is 0. The van der Waals surface area contributed by atoms with Gasteiger partial charge in [0.2, 0.25) is 0 Å². The molecule has 0 saturated carbocycles. The average molecular weight is 423 g/mol. The maximum absolute atomic E-state index is 13.0. The molecule has 2 N–H and O–H groups in total. The number of halogens is 1. The average Bonchev–Trinajstić information content (AvgIpc) is 3.18. The Morgan fingerprint density at radius 3 is 2.61 bits per heavy atom. The first-order valence-electron chi connectivity index (χ1n) is 10.7. The maximum Gasteiger partial charge on any atom is 0.260 e. The summed E-state index contributed by atoms with van der Waals surface area (Å²) in [4.78, 5) is 18.2. The molecule has 1 saturated heterocycles. The summed E-state index contributed by atoms with van der Waals surface area (Å²) in [7, 11) is 1.69. The molecule has 1 spiro atoms. The van der Waals surface area contributed by atoms with E-state index in [4.69, 9.17) is 9.47 Å². The van der Waals surface area contributed by atoms with E-state index >= 15 is 0 Å². The Morgan fingerprint density at radius 1 is 1.13 bits per heavy atom. The molecule has 6 nitrogen and oxygen atoms in total. The second-order valence-electron chi connectivity index (χ2n) is 8.27. The fourth-order valence-electron chi connectivity index (χ4n) is 4.87. The number of H-pyrrole nitrogens is 1. The number of nitrogens with zero attached hydrogens (tertiary/aromatic N) is 1. The molecule has 1 aromatic heterocycles. The maximum atomic E-state index is 13.0. The first-order chi connectivity index (χ1) is 15.1. The summed E-state index contributed by atoms with van der Waals surface area (Å²) in [5, 5.41) is 4.96. The van der Waals surface area contributed by atoms with Gasteiger partial charge >= 0.3 is 0 Å². The molecule has 0 aliphatic carbocycles. The number of likely N-dealkylation sites (tertiary alicyclic amines) is 1. The van der Waals surface area contributed by atoms with Crippen molar-refractivity contribution >= 4 is 16.8 Å². The Balaban J connectivity index is 1.29. The molecule has 1 amide bonds. The number of hydrogen-bond donors (Lipinski definition) is 2. The van der Waals surface area contributed by atoms with Crippen LogP contribution in [0.4, 0.5) is 4.39 Å². The lowest BCUT2D eigenvalue weighted by Crippen LogP contribution is -2.55. The molecule has 0 radical (unpaired) electrons. The molecule has 5 rings (SSSR count). The van der Waals surface area contributed by atoms with Crippen LogP contribution in [0, 0.1) is 5.82 Å². The molecule has 1 fully saturated rings. The van der Waals surface area contributed by atoms with Gasteiger partial charge in [0.15, 0.2) is 6.61 Å². The SMILES string of the molecule is COc1ccc2[nH]c3c(c2c1)CCNC31CCN(C(=O)COc2ccc(F)cc2)CC1. The number of benzene rings is 2. The predicted octanol–water partition coefficient (Wildman–Crippen LogP) is 3.36. The van der Waals surface area contributed by atoms with Gasteiger partial charge in [0.05, 0.1) is 12.6 Å². The Hall–Kier alpha value is -3.06. The van der Waals surface area contributed by atoms with Crippen molar-refractivity contribution in [2.45, 2.75) is 24.8 Å². The Kier molecular flexibility index (Phi) is 5.06. The van der Waals surface area contributed by atoms with Crippen LogP contribution in [0.15, 0.2) is 42.5 Å². The minimum Gasteiger partial charge on any atom is -0.497 e. The Morgan fingerprint density at radius 2 is 1.87 bits per heavy atom. The van der Waals surface area contributed by atoms with Crippen molar-refractivity contribution in [3.05, 3.63) is 59.5 Å². The highest BCUT2D eigenvalue weighted by Gasteiger charge is 2.42. The molecule has 2 aromatic carbocycles. The van der Waals surface area contributed by atoms with E-state index in [0.29, 0.717) is 18.8 Å². The predicted molar refractivity (Wildman–Crippen MR) is 116 cm³/mol. The molecule has 3 heterocycles. The number of fused-ring (bicyclic) bond motifs is 4. The lowest BCUT2D eigenvalue weighted by molar-refractivity contribution is -0.135. The monoisotopic (exact) mass is 423 g/mol. The fourth-order valence-corrected chi connectivity index (χ4v) is 4.87. The Bertz CT molecular complexity index is 1100. The van der Waals surface area contributed by atoms with Crippen LogP contribution in [-0.4, -0.2) is 49.1 Å². The first-order valence-corrected chi connectivity index (χ1v) is 10.7. The number of carbonyl (C=O) groups excluding carboxylic acids is 1. The quantitative estimate of drug-likeness (QED) is 0.675. The van der Waals surface area contributed by atoms with Gasteiger partial charge in [-0.05, 0) is 67.3 Å². The van der Waals surface area contributed by atoms with Gasteiger partial charge in [0.1, 0.15) is 17.3 Å². The van der Waals surface area contributed by atoms with E-state index in [-0.39, 0.29) is 23.9 Å². The van der Waals surface area contributed by atoms with Crippen molar-refractivity contribution < 1.29 is 18.7 Å². The van der Waals surface area contributed by atoms with Crippen molar-refractivity contribution in [2.75, 3.05) is 33.4 Å². The molecule has 2 aliphatic heterocycles. The number of amides is 1. The zero-order valence-electron chi connectivity index (χ0n) is 17.5. The Labute approximate surface area is 180 Å². The summed E-state index contributed by atoms with van der Waals surface area (Å²) in [6.45, 7) is 2.20. The van der Waals surface area contributed by atoms with Gasteiger partial charge in [-0.2, -0.15) is 0 Å². The van der Waals surface area contributed by atoms with Crippen molar-refractivity contribution in [1.82, 2.24) is 15.2 Å². The number of hydrogen-bond acceptors (Lipinski definition) is 4. The highest BCUT2D eigenvalue weighted by atomic mass is 19.1. The van der Waals surface area contributed by atoms with Gasteiger partial charge in [-0.3, -0.25) is 4.79 Å². The number of nitrogens with one attached hydrogen (secondary N) is 2. The van der Waals surface area contributed by atoms with Crippen LogP contribution in [0.1, 0.15) is 24.1 Å². The molecular weight excluding hydrogens is 397 g/mol. The summed E-state index contributed by atoms with van der Waals surface area (Å²) < 4.78 is 24.0. The van der Waals surface area contributed by atoms with Crippen LogP contribution in [0.3, 0.4) is 0 Å². The van der Waals surface area contributed by atoms with Crippen molar-refractivity contribution in [3.63, 3.8) is 0 Å². The lowest BCUT2D eigenvalue weighted by Gasteiger charge is -2.44. The van der Waals surface area contributed by atoms with Crippen LogP contribution in [-0.2, 0) is 16.8 Å². The van der Waals surface area contributed by atoms with Gasteiger partial charge in [0.25, 0.3) is 5.91 Å². The number of aromatic amines is 1. The van der Waals surface area contributed by atoms with Crippen molar-refractivity contribution in [2.24, 2.45) is 0 Å². The van der Waals surface area contributed by atoms with E-state index in [2.05, 4.69) is 22.4 Å². The summed E-state index contributed by atoms with van der Waals surface area (Å²) in [6, 6.07) is 11.9. The van der Waals surface area contributed by atoms with Crippen molar-refractivity contribution in [3.8, 4) is 11.5 Å². The largest absolute Gasteiger partial charge is 0.497 e. The van der Waals surface area contributed by atoms with Crippen LogP contribution >= 0.6 is 0 Å². The molecule has 2 aliphatic rings. The van der Waals surface area contributed by atoms with E-state index in [1.54, 1.807) is 7.11 Å². The molecule has 0 atom stereocenters. The number of carbonyl (C=O) groups is 1. The zero-order valence-corrected chi connectivity index (χ0v) is 17.5. The molecule has 7 heteroatoms. The number of methoxy groups -OCH3 is 1. The number of rotatable bonds is 4. The number of piperidine rings is 1. The van der Waals surface area contributed by atoms with E-state index < -0.39 is 0 Å². The number of ether oxygens (including phenoxy) is 2. The molecule has 0 bridgehead atoms. The molecule has 0 unspecified atom stereocenters. The minimum atomic E-state index is -0.324. The zero-order chi connectivity index (χ0) is 21.4. The summed E-state index contributed by atoms with van der Waals surface area (Å²) in [6.07, 6.45) is 2.65. The second-order valence-corrected chi connectivity index (χ2v) is 8.27. The van der Waals surface area contributed by atoms with Crippen LogP contribution in [0.25, 0.3) is 10.9 Å². The minimum absolute atomic E-state index is 0.0382. The van der Waals surface area contributed by atoms with Gasteiger partial charge in [0, 0.05) is 36.2 Å². The van der Waals surface area contributed by atoms with Gasteiger partial charge in [-0.15, -0.1) is 0 Å². The third kappa shape index (κ3) is 3.63. The fraction of sp³-hybridized carbons (Fsp3) is 0.375. The van der Waals surface area contributed by atoms with E-state index in [1.807, 2.05) is 11.0 Å². The van der Waals surface area contributed by atoms with Crippen LogP contribution < -0.4 is 14.8 Å². The molecule has 3 aromatic rings. The first kappa shape index (κ1) is 19.9. The third-order valence-corrected chi connectivity index (χ3v) is 6.58. The van der Waals surface area contributed by atoms with Crippen molar-refractivity contribution in [1.29, 1.82) is 0 Å². The smallest absolute Gasteiger partial charge is 0.260 e. The standard InChI is InChI=1S/C24H26FN3O3/c1-30-18-6-7-21-20(14-18)19-8-11-26-24(23(19)27-21)9-12-28(13-10-24)22(29)15-31-17-4-2-16(25)3-5-17/h2-7,14,26-27H,8-13,15H2,1H3. The van der Waals surface area contributed by atoms with E-state index in [0.717, 1.165) is 37.1 Å². The van der Waals surface area contributed by atoms with Crippen LogP contribution in [0.5, 0.6) is 11.5 Å².